The van der Waals surface area contributed by atoms with Crippen molar-refractivity contribution in [3.63, 3.8) is 0 Å². The van der Waals surface area contributed by atoms with Gasteiger partial charge in [0, 0.05) is 18.7 Å². The van der Waals surface area contributed by atoms with Crippen molar-refractivity contribution in [3.05, 3.63) is 47.0 Å². The Balaban J connectivity index is 2.43. The molecule has 4 N–H and O–H groups in total. The van der Waals surface area contributed by atoms with Gasteiger partial charge in [-0.05, 0) is 23.1 Å². The van der Waals surface area contributed by atoms with E-state index in [1.165, 1.54) is 23.1 Å². The Morgan fingerprint density at radius 2 is 1.93 bits per heavy atom. The van der Waals surface area contributed by atoms with E-state index in [2.05, 4.69) is 6.07 Å². The van der Waals surface area contributed by atoms with Gasteiger partial charge in [0.25, 0.3) is 5.91 Å². The van der Waals surface area contributed by atoms with E-state index in [0.29, 0.717) is 11.3 Å². The number of carbonyl (C=O) groups excluding carboxylic acids is 2. The van der Waals surface area contributed by atoms with Crippen molar-refractivity contribution in [2.75, 3.05) is 6.54 Å². The zero-order chi connectivity index (χ0) is 20.8. The molecule has 0 radical (unpaired) electrons. The van der Waals surface area contributed by atoms with Gasteiger partial charge in [-0.1, -0.05) is 32.9 Å². The minimum Gasteiger partial charge on any atom is -0.366 e. The van der Waals surface area contributed by atoms with Crippen molar-refractivity contribution in [2.24, 2.45) is 16.9 Å². The Morgan fingerprint density at radius 3 is 2.43 bits per heavy atom. The van der Waals surface area contributed by atoms with Gasteiger partial charge in [0.05, 0.1) is 17.3 Å². The lowest BCUT2D eigenvalue weighted by molar-refractivity contribution is 0.0918. The first-order chi connectivity index (χ1) is 13.1. The number of halogens is 1. The molecule has 1 aromatic carbocycles. The van der Waals surface area contributed by atoms with Gasteiger partial charge in [-0.3, -0.25) is 4.79 Å². The molecule has 0 aliphatic carbocycles. The molecule has 1 aliphatic rings. The first-order valence-electron chi connectivity index (χ1n) is 8.86. The lowest BCUT2D eigenvalue weighted by Gasteiger charge is -2.43. The van der Waals surface area contributed by atoms with Crippen LogP contribution < -0.4 is 11.5 Å². The van der Waals surface area contributed by atoms with Gasteiger partial charge >= 0.3 is 6.03 Å². The van der Waals surface area contributed by atoms with E-state index in [0.717, 1.165) is 0 Å². The van der Waals surface area contributed by atoms with E-state index in [1.54, 1.807) is 10.6 Å². The molecule has 1 aliphatic heterocycles. The summed E-state index contributed by atoms with van der Waals surface area (Å²) >= 11 is 0. The molecule has 0 fully saturated rings. The summed E-state index contributed by atoms with van der Waals surface area (Å²) in [5, 5.41) is 9.84. The fraction of sp³-hybridized carbons (Fsp3) is 0.350. The molecule has 2 aromatic rings. The third-order valence-corrected chi connectivity index (χ3v) is 5.01. The van der Waals surface area contributed by atoms with Gasteiger partial charge in [-0.25, -0.2) is 9.18 Å². The standard InChI is InChI=1S/C20H22FN5O2/c1-20(2,3)17-16-15(18(23)27)14(11-5-4-6-12(21)9-11)13(10-22)25(16)7-8-26(17)19(24)28/h4-6,9,17H,7-8H2,1-3H3,(H2,23,27)(H2,24,28). The van der Waals surface area contributed by atoms with E-state index in [-0.39, 0.29) is 29.9 Å². The molecule has 146 valence electrons. The number of fused-ring (bicyclic) bond motifs is 1. The first-order valence-corrected chi connectivity index (χ1v) is 8.86. The highest BCUT2D eigenvalue weighted by atomic mass is 19.1. The number of aromatic nitrogens is 1. The average Bonchev–Trinajstić information content (AvgIpc) is 2.94. The summed E-state index contributed by atoms with van der Waals surface area (Å²) in [6.07, 6.45) is 0. The van der Waals surface area contributed by atoms with Crippen LogP contribution in [0.1, 0.15) is 48.6 Å². The van der Waals surface area contributed by atoms with Gasteiger partial charge in [0.1, 0.15) is 17.6 Å². The molecule has 1 unspecified atom stereocenters. The quantitative estimate of drug-likeness (QED) is 0.830. The predicted molar refractivity (Wildman–Crippen MR) is 102 cm³/mol. The van der Waals surface area contributed by atoms with Crippen LogP contribution in [0.5, 0.6) is 0 Å². The number of hydrogen-bond donors (Lipinski definition) is 2. The fourth-order valence-corrected chi connectivity index (χ4v) is 4.04. The van der Waals surface area contributed by atoms with Crippen molar-refractivity contribution in [2.45, 2.75) is 33.4 Å². The second kappa shape index (κ2) is 6.68. The normalized spacial score (nSPS) is 16.4. The number of amides is 3. The second-order valence-corrected chi connectivity index (χ2v) is 7.92. The molecule has 1 atom stereocenters. The number of nitrogens with two attached hydrogens (primary N) is 2. The molecule has 8 heteroatoms. The highest BCUT2D eigenvalue weighted by Gasteiger charge is 2.43. The molecule has 2 heterocycles. The van der Waals surface area contributed by atoms with Crippen molar-refractivity contribution in [3.8, 4) is 17.2 Å². The molecule has 28 heavy (non-hydrogen) atoms. The van der Waals surface area contributed by atoms with Crippen molar-refractivity contribution in [1.82, 2.24) is 9.47 Å². The highest BCUT2D eigenvalue weighted by Crippen LogP contribution is 2.46. The number of rotatable bonds is 2. The lowest BCUT2D eigenvalue weighted by atomic mass is 9.81. The molecule has 1 aromatic heterocycles. The molecule has 0 saturated heterocycles. The van der Waals surface area contributed by atoms with Crippen LogP contribution in [0.25, 0.3) is 11.1 Å². The zero-order valence-electron chi connectivity index (χ0n) is 16.0. The van der Waals surface area contributed by atoms with Crippen molar-refractivity contribution < 1.29 is 14.0 Å². The van der Waals surface area contributed by atoms with Crippen LogP contribution >= 0.6 is 0 Å². The largest absolute Gasteiger partial charge is 0.366 e. The van der Waals surface area contributed by atoms with Crippen LogP contribution in [0.15, 0.2) is 24.3 Å². The number of carbonyl (C=O) groups is 2. The SMILES string of the molecule is CC(C)(C)C1c2c(C(N)=O)c(-c3cccc(F)c3)c(C#N)n2CCN1C(N)=O. The van der Waals surface area contributed by atoms with E-state index in [9.17, 15) is 19.2 Å². The smallest absolute Gasteiger partial charge is 0.315 e. The minimum atomic E-state index is -0.745. The summed E-state index contributed by atoms with van der Waals surface area (Å²) in [6, 6.07) is 6.60. The van der Waals surface area contributed by atoms with Crippen molar-refractivity contribution >= 4 is 11.9 Å². The second-order valence-electron chi connectivity index (χ2n) is 7.92. The molecule has 3 rings (SSSR count). The maximum Gasteiger partial charge on any atom is 0.315 e. The summed E-state index contributed by atoms with van der Waals surface area (Å²) in [7, 11) is 0. The van der Waals surface area contributed by atoms with Crippen LogP contribution in [0, 0.1) is 22.6 Å². The van der Waals surface area contributed by atoms with Gasteiger partial charge in [-0.15, -0.1) is 0 Å². The Kier molecular flexibility index (Phi) is 4.63. The van der Waals surface area contributed by atoms with Crippen LogP contribution in [0.3, 0.4) is 0 Å². The summed E-state index contributed by atoms with van der Waals surface area (Å²) in [4.78, 5) is 26.1. The Labute approximate surface area is 162 Å². The first kappa shape index (κ1) is 19.4. The topological polar surface area (TPSA) is 118 Å². The van der Waals surface area contributed by atoms with Gasteiger partial charge < -0.3 is 20.9 Å². The minimum absolute atomic E-state index is 0.119. The molecule has 0 bridgehead atoms. The Hall–Kier alpha value is -3.34. The number of nitrogens with zero attached hydrogens (tertiary/aromatic N) is 3. The molecular formula is C20H22FN5O2. The molecule has 0 spiro atoms. The number of nitriles is 1. The maximum absolute atomic E-state index is 13.9. The summed E-state index contributed by atoms with van der Waals surface area (Å²) in [6.45, 7) is 6.30. The molecule has 7 nitrogen and oxygen atoms in total. The number of hydrogen-bond acceptors (Lipinski definition) is 3. The van der Waals surface area contributed by atoms with Crippen molar-refractivity contribution in [1.29, 1.82) is 5.26 Å². The fourth-order valence-electron chi connectivity index (χ4n) is 4.04. The van der Waals surface area contributed by atoms with Crippen LogP contribution in [-0.2, 0) is 6.54 Å². The number of primary amides is 2. The maximum atomic E-state index is 13.9. The number of urea groups is 1. The van der Waals surface area contributed by atoms with E-state index < -0.39 is 29.2 Å². The third kappa shape index (κ3) is 2.99. The summed E-state index contributed by atoms with van der Waals surface area (Å²) in [5.74, 6) is -1.24. The zero-order valence-corrected chi connectivity index (χ0v) is 16.0. The van der Waals surface area contributed by atoms with Gasteiger partial charge in [0.15, 0.2) is 0 Å². The van der Waals surface area contributed by atoms with E-state index in [1.807, 2.05) is 20.8 Å². The highest BCUT2D eigenvalue weighted by molar-refractivity contribution is 6.03. The monoisotopic (exact) mass is 383 g/mol. The van der Waals surface area contributed by atoms with E-state index in [4.69, 9.17) is 11.5 Å². The predicted octanol–water partition coefficient (Wildman–Crippen LogP) is 2.75. The van der Waals surface area contributed by atoms with Crippen LogP contribution in [0.2, 0.25) is 0 Å². The lowest BCUT2D eigenvalue weighted by Crippen LogP contribution is -2.49. The molecular weight excluding hydrogens is 361 g/mol. The molecule has 3 amide bonds. The van der Waals surface area contributed by atoms with Gasteiger partial charge in [0.2, 0.25) is 0 Å². The Bertz CT molecular complexity index is 1010. The van der Waals surface area contributed by atoms with Gasteiger partial charge in [-0.2, -0.15) is 5.26 Å². The summed E-state index contributed by atoms with van der Waals surface area (Å²) in [5.41, 5.74) is 12.3. The van der Waals surface area contributed by atoms with E-state index >= 15 is 0 Å². The Morgan fingerprint density at radius 1 is 1.25 bits per heavy atom. The number of benzene rings is 1. The average molecular weight is 383 g/mol. The third-order valence-electron chi connectivity index (χ3n) is 5.01. The van der Waals surface area contributed by atoms with Crippen LogP contribution in [0.4, 0.5) is 9.18 Å². The van der Waals surface area contributed by atoms with Crippen LogP contribution in [-0.4, -0.2) is 28.0 Å². The summed E-state index contributed by atoms with van der Waals surface area (Å²) < 4.78 is 15.6. The molecule has 0 saturated carbocycles.